The second-order valence-electron chi connectivity index (χ2n) is 4.42. The summed E-state index contributed by atoms with van der Waals surface area (Å²) in [5.74, 6) is -0.297. The van der Waals surface area contributed by atoms with Crippen molar-refractivity contribution in [3.8, 4) is 0 Å². The number of amides is 1. The first-order valence-electron chi connectivity index (χ1n) is 6.05. The quantitative estimate of drug-likeness (QED) is 0.729. The van der Waals surface area contributed by atoms with E-state index in [-0.39, 0.29) is 5.91 Å². The molecule has 5 heteroatoms. The monoisotopic (exact) mass is 261 g/mol. The molecule has 0 saturated carbocycles. The van der Waals surface area contributed by atoms with Crippen LogP contribution < -0.4 is 5.32 Å². The number of carbonyl (C=O) groups is 1. The van der Waals surface area contributed by atoms with E-state index in [1.807, 2.05) is 0 Å². The summed E-state index contributed by atoms with van der Waals surface area (Å²) in [6.45, 7) is 8.99. The van der Waals surface area contributed by atoms with E-state index >= 15 is 0 Å². The zero-order valence-electron chi connectivity index (χ0n) is 11.0. The molecule has 0 aromatic carbocycles. The van der Waals surface area contributed by atoms with Gasteiger partial charge in [-0.3, -0.25) is 4.79 Å². The SMILES string of the molecule is C=CCC(O)(CC=C)[C@H](C)NC(=O)c1ccnnc1. The third kappa shape index (κ3) is 3.99. The van der Waals surface area contributed by atoms with Gasteiger partial charge in [0.1, 0.15) is 0 Å². The second-order valence-corrected chi connectivity index (χ2v) is 4.42. The predicted octanol–water partition coefficient (Wildman–Crippen LogP) is 1.48. The van der Waals surface area contributed by atoms with Crippen LogP contribution in [0.5, 0.6) is 0 Å². The van der Waals surface area contributed by atoms with Crippen molar-refractivity contribution in [2.75, 3.05) is 0 Å². The van der Waals surface area contributed by atoms with Gasteiger partial charge in [0.05, 0.1) is 29.6 Å². The molecule has 1 heterocycles. The molecule has 1 amide bonds. The molecule has 0 saturated heterocycles. The highest BCUT2D eigenvalue weighted by Gasteiger charge is 2.32. The van der Waals surface area contributed by atoms with E-state index in [2.05, 4.69) is 28.7 Å². The summed E-state index contributed by atoms with van der Waals surface area (Å²) in [6.07, 6.45) is 6.81. The third-order valence-corrected chi connectivity index (χ3v) is 3.00. The molecule has 102 valence electrons. The summed E-state index contributed by atoms with van der Waals surface area (Å²) in [5.41, 5.74) is -0.680. The van der Waals surface area contributed by atoms with Gasteiger partial charge in [0, 0.05) is 0 Å². The number of aliphatic hydroxyl groups is 1. The van der Waals surface area contributed by atoms with E-state index < -0.39 is 11.6 Å². The van der Waals surface area contributed by atoms with Crippen molar-refractivity contribution in [3.05, 3.63) is 49.3 Å². The van der Waals surface area contributed by atoms with E-state index in [1.165, 1.54) is 12.4 Å². The van der Waals surface area contributed by atoms with E-state index in [0.29, 0.717) is 18.4 Å². The van der Waals surface area contributed by atoms with Crippen LogP contribution in [0.15, 0.2) is 43.8 Å². The van der Waals surface area contributed by atoms with Crippen LogP contribution in [-0.2, 0) is 0 Å². The minimum atomic E-state index is -1.08. The molecule has 1 rings (SSSR count). The van der Waals surface area contributed by atoms with Gasteiger partial charge in [0.15, 0.2) is 0 Å². The molecule has 0 bridgehead atoms. The smallest absolute Gasteiger partial charge is 0.253 e. The number of rotatable bonds is 7. The van der Waals surface area contributed by atoms with Crippen LogP contribution in [0.3, 0.4) is 0 Å². The highest BCUT2D eigenvalue weighted by molar-refractivity contribution is 5.93. The Kier molecular flexibility index (Phi) is 5.38. The average Bonchev–Trinajstić information content (AvgIpc) is 2.40. The lowest BCUT2D eigenvalue weighted by molar-refractivity contribution is 0.0127. The lowest BCUT2D eigenvalue weighted by Crippen LogP contribution is -2.50. The van der Waals surface area contributed by atoms with Crippen molar-refractivity contribution < 1.29 is 9.90 Å². The van der Waals surface area contributed by atoms with Crippen molar-refractivity contribution in [2.45, 2.75) is 31.4 Å². The Hall–Kier alpha value is -2.01. The van der Waals surface area contributed by atoms with Crippen LogP contribution in [0.25, 0.3) is 0 Å². The zero-order chi connectivity index (χ0) is 14.3. The third-order valence-electron chi connectivity index (χ3n) is 3.00. The lowest BCUT2D eigenvalue weighted by Gasteiger charge is -2.33. The van der Waals surface area contributed by atoms with Gasteiger partial charge in [0.25, 0.3) is 5.91 Å². The van der Waals surface area contributed by atoms with Gasteiger partial charge in [-0.25, -0.2) is 0 Å². The summed E-state index contributed by atoms with van der Waals surface area (Å²) < 4.78 is 0. The van der Waals surface area contributed by atoms with Crippen molar-refractivity contribution in [3.63, 3.8) is 0 Å². The fraction of sp³-hybridized carbons (Fsp3) is 0.357. The topological polar surface area (TPSA) is 75.1 Å². The average molecular weight is 261 g/mol. The second kappa shape index (κ2) is 6.80. The van der Waals surface area contributed by atoms with Crippen LogP contribution in [0.2, 0.25) is 0 Å². The van der Waals surface area contributed by atoms with Gasteiger partial charge in [-0.05, 0) is 25.8 Å². The first kappa shape index (κ1) is 15.0. The molecular formula is C14H19N3O2. The molecule has 1 atom stereocenters. The molecule has 5 nitrogen and oxygen atoms in total. The molecule has 1 aromatic rings. The van der Waals surface area contributed by atoms with Crippen molar-refractivity contribution in [1.82, 2.24) is 15.5 Å². The number of hydrogen-bond acceptors (Lipinski definition) is 4. The maximum atomic E-state index is 12.0. The Morgan fingerprint density at radius 3 is 2.58 bits per heavy atom. The van der Waals surface area contributed by atoms with Gasteiger partial charge in [-0.1, -0.05) is 12.2 Å². The number of carbonyl (C=O) groups excluding carboxylic acids is 1. The largest absolute Gasteiger partial charge is 0.387 e. The molecule has 0 spiro atoms. The number of aromatic nitrogens is 2. The number of nitrogens with zero attached hydrogens (tertiary/aromatic N) is 2. The summed E-state index contributed by atoms with van der Waals surface area (Å²) in [5, 5.41) is 20.5. The Morgan fingerprint density at radius 1 is 1.47 bits per heavy atom. The first-order valence-corrected chi connectivity index (χ1v) is 6.05. The van der Waals surface area contributed by atoms with Crippen LogP contribution in [0.4, 0.5) is 0 Å². The lowest BCUT2D eigenvalue weighted by atomic mass is 9.88. The van der Waals surface area contributed by atoms with E-state index in [1.54, 1.807) is 25.1 Å². The summed E-state index contributed by atoms with van der Waals surface area (Å²) in [4.78, 5) is 12.0. The Balaban J connectivity index is 2.76. The fourth-order valence-electron chi connectivity index (χ4n) is 1.78. The minimum absolute atomic E-state index is 0.297. The molecule has 0 aliphatic carbocycles. The normalized spacial score (nSPS) is 12.5. The maximum Gasteiger partial charge on any atom is 0.253 e. The molecule has 19 heavy (non-hydrogen) atoms. The summed E-state index contributed by atoms with van der Waals surface area (Å²) in [6, 6.07) is 1.12. The predicted molar refractivity (Wildman–Crippen MR) is 73.5 cm³/mol. The number of hydrogen-bond donors (Lipinski definition) is 2. The van der Waals surface area contributed by atoms with E-state index in [9.17, 15) is 9.90 Å². The van der Waals surface area contributed by atoms with Crippen molar-refractivity contribution >= 4 is 5.91 Å². The Bertz CT molecular complexity index is 435. The fourth-order valence-corrected chi connectivity index (χ4v) is 1.78. The van der Waals surface area contributed by atoms with Crippen molar-refractivity contribution in [1.29, 1.82) is 0 Å². The van der Waals surface area contributed by atoms with Gasteiger partial charge in [-0.15, -0.1) is 13.2 Å². The molecule has 0 aliphatic heterocycles. The molecule has 2 N–H and O–H groups in total. The van der Waals surface area contributed by atoms with Crippen molar-refractivity contribution in [2.24, 2.45) is 0 Å². The maximum absolute atomic E-state index is 12.0. The van der Waals surface area contributed by atoms with E-state index in [4.69, 9.17) is 0 Å². The molecule has 1 aromatic heterocycles. The summed E-state index contributed by atoms with van der Waals surface area (Å²) in [7, 11) is 0. The molecule has 0 aliphatic rings. The number of nitrogens with one attached hydrogen (secondary N) is 1. The van der Waals surface area contributed by atoms with Crippen LogP contribution in [-0.4, -0.2) is 32.9 Å². The van der Waals surface area contributed by atoms with Crippen LogP contribution in [0.1, 0.15) is 30.1 Å². The standard InChI is InChI=1S/C14H19N3O2/c1-4-7-14(19,8-5-2)11(3)17-13(18)12-6-9-15-16-10-12/h4-6,9-11,19H,1-2,7-8H2,3H3,(H,17,18)/t11-/m0/s1. The van der Waals surface area contributed by atoms with Gasteiger partial charge in [0.2, 0.25) is 0 Å². The van der Waals surface area contributed by atoms with Gasteiger partial charge < -0.3 is 10.4 Å². The molecule has 0 fully saturated rings. The molecular weight excluding hydrogens is 242 g/mol. The highest BCUT2D eigenvalue weighted by atomic mass is 16.3. The first-order chi connectivity index (χ1) is 9.03. The Morgan fingerprint density at radius 2 is 2.11 bits per heavy atom. The van der Waals surface area contributed by atoms with Crippen LogP contribution >= 0.6 is 0 Å². The van der Waals surface area contributed by atoms with E-state index in [0.717, 1.165) is 0 Å². The van der Waals surface area contributed by atoms with Gasteiger partial charge in [-0.2, -0.15) is 10.2 Å². The minimum Gasteiger partial charge on any atom is -0.387 e. The molecule has 0 radical (unpaired) electrons. The Labute approximate surface area is 113 Å². The summed E-state index contributed by atoms with van der Waals surface area (Å²) >= 11 is 0. The van der Waals surface area contributed by atoms with Gasteiger partial charge >= 0.3 is 0 Å². The van der Waals surface area contributed by atoms with Crippen LogP contribution in [0, 0.1) is 0 Å². The molecule has 0 unspecified atom stereocenters. The highest BCUT2D eigenvalue weighted by Crippen LogP contribution is 2.21. The zero-order valence-corrected chi connectivity index (χ0v) is 11.0.